The van der Waals surface area contributed by atoms with E-state index in [1.807, 2.05) is 36.4 Å². The lowest BCUT2D eigenvalue weighted by molar-refractivity contribution is -0.0444. The number of hydrogen-bond acceptors (Lipinski definition) is 4. The molecule has 2 aliphatic rings. The number of amides is 1. The van der Waals surface area contributed by atoms with Gasteiger partial charge in [-0.2, -0.15) is 0 Å². The van der Waals surface area contributed by atoms with E-state index in [1.54, 1.807) is 0 Å². The fraction of sp³-hybridized carbons (Fsp3) is 0.316. The van der Waals surface area contributed by atoms with Crippen molar-refractivity contribution in [3.63, 3.8) is 0 Å². The Labute approximate surface area is 150 Å². The second-order valence-electron chi connectivity index (χ2n) is 7.09. The summed E-state index contributed by atoms with van der Waals surface area (Å²) in [7, 11) is 2.45. The summed E-state index contributed by atoms with van der Waals surface area (Å²) in [6, 6.07) is 15.6. The number of carbonyl (C=O) groups is 1. The SMILES string of the molecule is O=C(Nc1ccccc1NP)c1ccc(CN2CC3(CNC3)C2)cc1. The predicted octanol–water partition coefficient (Wildman–Crippen LogP) is 2.55. The summed E-state index contributed by atoms with van der Waals surface area (Å²) in [4.78, 5) is 14.9. The lowest BCUT2D eigenvalue weighted by atomic mass is 9.74. The summed E-state index contributed by atoms with van der Waals surface area (Å²) in [5.41, 5.74) is 4.12. The third-order valence-corrected chi connectivity index (χ3v) is 5.38. The first-order chi connectivity index (χ1) is 12.2. The van der Waals surface area contributed by atoms with E-state index in [9.17, 15) is 4.79 Å². The largest absolute Gasteiger partial charge is 0.368 e. The lowest BCUT2D eigenvalue weighted by Gasteiger charge is -2.56. The maximum atomic E-state index is 12.5. The average molecular weight is 354 g/mol. The van der Waals surface area contributed by atoms with Crippen LogP contribution in [0.2, 0.25) is 0 Å². The van der Waals surface area contributed by atoms with E-state index in [4.69, 9.17) is 0 Å². The van der Waals surface area contributed by atoms with E-state index in [2.05, 4.69) is 42.1 Å². The molecule has 2 aromatic carbocycles. The van der Waals surface area contributed by atoms with E-state index in [-0.39, 0.29) is 5.91 Å². The minimum absolute atomic E-state index is 0.0947. The first-order valence-corrected chi connectivity index (χ1v) is 9.14. The normalized spacial score (nSPS) is 18.3. The molecule has 0 aromatic heterocycles. The zero-order valence-corrected chi connectivity index (χ0v) is 15.2. The number of nitrogens with one attached hydrogen (secondary N) is 3. The molecule has 3 N–H and O–H groups in total. The number of nitrogens with zero attached hydrogens (tertiary/aromatic N) is 1. The minimum Gasteiger partial charge on any atom is -0.368 e. The van der Waals surface area contributed by atoms with Gasteiger partial charge in [-0.1, -0.05) is 24.3 Å². The van der Waals surface area contributed by atoms with Crippen molar-refractivity contribution < 1.29 is 4.79 Å². The first kappa shape index (κ1) is 16.5. The Balaban J connectivity index is 1.35. The van der Waals surface area contributed by atoms with Crippen LogP contribution in [0.1, 0.15) is 15.9 Å². The molecular weight excluding hydrogens is 331 g/mol. The van der Waals surface area contributed by atoms with E-state index < -0.39 is 0 Å². The van der Waals surface area contributed by atoms with E-state index in [1.165, 1.54) is 18.7 Å². The molecule has 0 saturated carbocycles. The summed E-state index contributed by atoms with van der Waals surface area (Å²) in [6.45, 7) is 5.65. The number of anilines is 2. The minimum atomic E-state index is -0.0947. The van der Waals surface area contributed by atoms with Gasteiger partial charge in [-0.15, -0.1) is 0 Å². The van der Waals surface area contributed by atoms with Crippen LogP contribution >= 0.6 is 9.39 Å². The van der Waals surface area contributed by atoms with Crippen molar-refractivity contribution >= 4 is 26.7 Å². The van der Waals surface area contributed by atoms with Crippen LogP contribution in [0.3, 0.4) is 0 Å². The Kier molecular flexibility index (Phi) is 4.46. The Hall–Kier alpha value is -1.94. The number of carbonyl (C=O) groups excluding carboxylic acids is 1. The maximum Gasteiger partial charge on any atom is 0.255 e. The van der Waals surface area contributed by atoms with Crippen LogP contribution in [0.5, 0.6) is 0 Å². The number of likely N-dealkylation sites (tertiary alicyclic amines) is 1. The van der Waals surface area contributed by atoms with Gasteiger partial charge in [0.15, 0.2) is 0 Å². The van der Waals surface area contributed by atoms with Crippen molar-refractivity contribution in [1.29, 1.82) is 0 Å². The zero-order valence-electron chi connectivity index (χ0n) is 14.1. The van der Waals surface area contributed by atoms with Crippen LogP contribution in [-0.4, -0.2) is 37.0 Å². The van der Waals surface area contributed by atoms with Gasteiger partial charge in [0.1, 0.15) is 0 Å². The van der Waals surface area contributed by atoms with Crippen LogP contribution in [0.25, 0.3) is 0 Å². The molecule has 0 aliphatic carbocycles. The topological polar surface area (TPSA) is 56.4 Å². The molecule has 2 aromatic rings. The van der Waals surface area contributed by atoms with Crippen molar-refractivity contribution in [3.8, 4) is 0 Å². The fourth-order valence-corrected chi connectivity index (χ4v) is 3.90. The Morgan fingerprint density at radius 3 is 2.36 bits per heavy atom. The summed E-state index contributed by atoms with van der Waals surface area (Å²) in [6.07, 6.45) is 0. The van der Waals surface area contributed by atoms with E-state index >= 15 is 0 Å². The van der Waals surface area contributed by atoms with Gasteiger partial charge < -0.3 is 15.7 Å². The highest BCUT2D eigenvalue weighted by Crippen LogP contribution is 2.34. The second kappa shape index (κ2) is 6.75. The summed E-state index contributed by atoms with van der Waals surface area (Å²) >= 11 is 0. The van der Waals surface area contributed by atoms with Crippen molar-refractivity contribution in [2.45, 2.75) is 6.54 Å². The molecule has 2 fully saturated rings. The maximum absolute atomic E-state index is 12.5. The van der Waals surface area contributed by atoms with Crippen LogP contribution in [0, 0.1) is 5.41 Å². The monoisotopic (exact) mass is 354 g/mol. The second-order valence-corrected chi connectivity index (χ2v) is 7.38. The molecule has 2 heterocycles. The van der Waals surface area contributed by atoms with Crippen LogP contribution in [0.4, 0.5) is 11.4 Å². The average Bonchev–Trinajstić information content (AvgIpc) is 2.57. The molecule has 0 bridgehead atoms. The van der Waals surface area contributed by atoms with Crippen molar-refractivity contribution in [1.82, 2.24) is 10.2 Å². The van der Waals surface area contributed by atoms with E-state index in [0.29, 0.717) is 11.0 Å². The van der Waals surface area contributed by atoms with Gasteiger partial charge in [0.05, 0.1) is 11.4 Å². The fourth-order valence-electron chi connectivity index (χ4n) is 3.65. The highest BCUT2D eigenvalue weighted by molar-refractivity contribution is 7.18. The molecule has 0 radical (unpaired) electrons. The Morgan fingerprint density at radius 1 is 1.08 bits per heavy atom. The lowest BCUT2D eigenvalue weighted by Crippen LogP contribution is -2.70. The molecule has 1 amide bonds. The van der Waals surface area contributed by atoms with Gasteiger partial charge in [0, 0.05) is 43.7 Å². The quantitative estimate of drug-likeness (QED) is 0.723. The molecule has 25 heavy (non-hydrogen) atoms. The molecule has 6 heteroatoms. The summed E-state index contributed by atoms with van der Waals surface area (Å²) in [5.74, 6) is -0.0947. The van der Waals surface area contributed by atoms with Crippen molar-refractivity contribution in [3.05, 3.63) is 59.7 Å². The van der Waals surface area contributed by atoms with Crippen LogP contribution in [-0.2, 0) is 6.54 Å². The van der Waals surface area contributed by atoms with Gasteiger partial charge in [-0.05, 0) is 39.2 Å². The molecular formula is C19H23N4OP. The number of benzene rings is 2. The highest BCUT2D eigenvalue weighted by Gasteiger charge is 2.46. The standard InChI is InChI=1S/C19H23N4OP/c24-18(21-16-3-1-2-4-17(16)22-25)15-7-5-14(6-8-15)9-23-12-19(13-23)10-20-11-19/h1-8,20,22H,9-13,25H2,(H,21,24). The third-order valence-electron chi connectivity index (χ3n) is 5.07. The van der Waals surface area contributed by atoms with Crippen LogP contribution in [0.15, 0.2) is 48.5 Å². The highest BCUT2D eigenvalue weighted by atomic mass is 31.0. The molecule has 5 nitrogen and oxygen atoms in total. The van der Waals surface area contributed by atoms with Gasteiger partial charge in [-0.25, -0.2) is 0 Å². The van der Waals surface area contributed by atoms with Gasteiger partial charge >= 0.3 is 0 Å². The van der Waals surface area contributed by atoms with Gasteiger partial charge in [-0.3, -0.25) is 9.69 Å². The smallest absolute Gasteiger partial charge is 0.255 e. The first-order valence-electron chi connectivity index (χ1n) is 8.57. The van der Waals surface area contributed by atoms with Gasteiger partial charge in [0.25, 0.3) is 5.91 Å². The number of hydrogen-bond donors (Lipinski definition) is 3. The molecule has 2 saturated heterocycles. The molecule has 4 rings (SSSR count). The molecule has 130 valence electrons. The van der Waals surface area contributed by atoms with Gasteiger partial charge in [0.2, 0.25) is 0 Å². The van der Waals surface area contributed by atoms with Crippen molar-refractivity contribution in [2.75, 3.05) is 36.6 Å². The summed E-state index contributed by atoms with van der Waals surface area (Å²) < 4.78 is 0. The molecule has 1 atom stereocenters. The predicted molar refractivity (Wildman–Crippen MR) is 105 cm³/mol. The molecule has 1 unspecified atom stereocenters. The number of rotatable bonds is 5. The van der Waals surface area contributed by atoms with Crippen molar-refractivity contribution in [2.24, 2.45) is 5.41 Å². The van der Waals surface area contributed by atoms with Crippen LogP contribution < -0.4 is 15.7 Å². The zero-order chi connectivity index (χ0) is 17.3. The third kappa shape index (κ3) is 3.40. The molecule has 2 aliphatic heterocycles. The Morgan fingerprint density at radius 2 is 1.76 bits per heavy atom. The summed E-state index contributed by atoms with van der Waals surface area (Å²) in [5, 5.41) is 9.32. The Bertz CT molecular complexity index is 765. The molecule has 1 spiro atoms. The van der Waals surface area contributed by atoms with E-state index in [0.717, 1.165) is 31.0 Å². The number of para-hydroxylation sites is 2.